The lowest BCUT2D eigenvalue weighted by Gasteiger charge is -2.12. The summed E-state index contributed by atoms with van der Waals surface area (Å²) in [5, 5.41) is 0.404. The van der Waals surface area contributed by atoms with Crippen LogP contribution in [-0.2, 0) is 13.1 Å². The Morgan fingerprint density at radius 1 is 1.13 bits per heavy atom. The highest BCUT2D eigenvalue weighted by molar-refractivity contribution is 6.30. The third kappa shape index (κ3) is 3.35. The Kier molecular flexibility index (Phi) is 5.09. The minimum absolute atomic E-state index is 0.0235. The maximum Gasteiger partial charge on any atom is 0.337 e. The topological polar surface area (TPSA) is 61.8 Å². The SMILES string of the molecule is C=CCn1c(=O)c2c(ncn2Cc2ccc(F)cc2F)n(-c2cccc(Cl)c2)c1=O. The summed E-state index contributed by atoms with van der Waals surface area (Å²) in [5.74, 6) is -1.44. The van der Waals surface area contributed by atoms with Gasteiger partial charge in [-0.25, -0.2) is 23.1 Å². The van der Waals surface area contributed by atoms with Crippen molar-refractivity contribution in [3.05, 3.63) is 105 Å². The van der Waals surface area contributed by atoms with E-state index in [1.165, 1.54) is 27.6 Å². The van der Waals surface area contributed by atoms with Gasteiger partial charge in [0.25, 0.3) is 5.56 Å². The molecule has 0 fully saturated rings. The molecule has 152 valence electrons. The monoisotopic (exact) mass is 428 g/mol. The summed E-state index contributed by atoms with van der Waals surface area (Å²) in [7, 11) is 0. The van der Waals surface area contributed by atoms with E-state index in [-0.39, 0.29) is 29.8 Å². The van der Waals surface area contributed by atoms with Crippen LogP contribution in [0.5, 0.6) is 0 Å². The summed E-state index contributed by atoms with van der Waals surface area (Å²) in [5.41, 5.74) is -0.393. The number of aromatic nitrogens is 4. The van der Waals surface area contributed by atoms with Crippen molar-refractivity contribution in [1.82, 2.24) is 18.7 Å². The fourth-order valence-electron chi connectivity index (χ4n) is 3.27. The number of imidazole rings is 1. The molecule has 0 saturated carbocycles. The molecule has 0 saturated heterocycles. The van der Waals surface area contributed by atoms with Gasteiger partial charge >= 0.3 is 5.69 Å². The second-order valence-electron chi connectivity index (χ2n) is 6.58. The van der Waals surface area contributed by atoms with Crippen LogP contribution in [-0.4, -0.2) is 18.7 Å². The van der Waals surface area contributed by atoms with E-state index in [1.807, 2.05) is 0 Å². The van der Waals surface area contributed by atoms with Gasteiger partial charge in [-0.3, -0.25) is 9.36 Å². The summed E-state index contributed by atoms with van der Waals surface area (Å²) in [4.78, 5) is 30.3. The van der Waals surface area contributed by atoms with Crippen molar-refractivity contribution >= 4 is 22.8 Å². The molecule has 0 aliphatic heterocycles. The molecule has 9 heteroatoms. The third-order valence-electron chi connectivity index (χ3n) is 4.63. The van der Waals surface area contributed by atoms with E-state index < -0.39 is 22.9 Å². The van der Waals surface area contributed by atoms with Crippen molar-refractivity contribution in [1.29, 1.82) is 0 Å². The zero-order chi connectivity index (χ0) is 21.4. The maximum atomic E-state index is 14.2. The van der Waals surface area contributed by atoms with Crippen LogP contribution in [0.15, 0.2) is 71.0 Å². The first-order valence-corrected chi connectivity index (χ1v) is 9.30. The predicted octanol–water partition coefficient (Wildman–Crippen LogP) is 3.51. The van der Waals surface area contributed by atoms with Crippen molar-refractivity contribution in [3.8, 4) is 5.69 Å². The molecular weight excluding hydrogens is 414 g/mol. The minimum atomic E-state index is -0.744. The number of hydrogen-bond acceptors (Lipinski definition) is 3. The first-order chi connectivity index (χ1) is 14.4. The predicted molar refractivity (Wildman–Crippen MR) is 110 cm³/mol. The maximum absolute atomic E-state index is 14.2. The highest BCUT2D eigenvalue weighted by atomic mass is 35.5. The van der Waals surface area contributed by atoms with Crippen LogP contribution in [0.4, 0.5) is 8.78 Å². The smallest absolute Gasteiger partial charge is 0.320 e. The fourth-order valence-corrected chi connectivity index (χ4v) is 3.46. The van der Waals surface area contributed by atoms with Crippen LogP contribution in [0.2, 0.25) is 5.02 Å². The summed E-state index contributed by atoms with van der Waals surface area (Å²) in [6.45, 7) is 3.50. The van der Waals surface area contributed by atoms with E-state index in [0.29, 0.717) is 10.7 Å². The Labute approximate surface area is 173 Å². The molecule has 4 rings (SSSR count). The molecular formula is C21H15ClF2N4O2. The Balaban J connectivity index is 2.00. The molecule has 0 aliphatic rings. The number of allylic oxidation sites excluding steroid dienone is 1. The lowest BCUT2D eigenvalue weighted by atomic mass is 10.2. The van der Waals surface area contributed by atoms with E-state index in [2.05, 4.69) is 11.6 Å². The van der Waals surface area contributed by atoms with Gasteiger partial charge in [0.05, 0.1) is 18.6 Å². The largest absolute Gasteiger partial charge is 0.337 e. The Bertz CT molecular complexity index is 1400. The quantitative estimate of drug-likeness (QED) is 0.457. The van der Waals surface area contributed by atoms with E-state index in [4.69, 9.17) is 11.6 Å². The van der Waals surface area contributed by atoms with E-state index >= 15 is 0 Å². The molecule has 6 nitrogen and oxygen atoms in total. The zero-order valence-corrected chi connectivity index (χ0v) is 16.3. The lowest BCUT2D eigenvalue weighted by Crippen LogP contribution is -2.39. The van der Waals surface area contributed by atoms with Gasteiger partial charge in [-0.05, 0) is 24.3 Å². The number of rotatable bonds is 5. The van der Waals surface area contributed by atoms with E-state index in [1.54, 1.807) is 24.3 Å². The van der Waals surface area contributed by atoms with Gasteiger partial charge in [0, 0.05) is 23.2 Å². The standard InChI is InChI=1S/C21H15ClF2N4O2/c1-2-8-27-20(29)18-19(28(21(27)30)16-5-3-4-14(22)9-16)25-12-26(18)11-13-6-7-15(23)10-17(13)24/h2-7,9-10,12H,1,8,11H2. The molecule has 0 atom stereocenters. The summed E-state index contributed by atoms with van der Waals surface area (Å²) >= 11 is 6.08. The van der Waals surface area contributed by atoms with Gasteiger partial charge in [-0.2, -0.15) is 0 Å². The average molecular weight is 429 g/mol. The number of hydrogen-bond donors (Lipinski definition) is 0. The first kappa shape index (κ1) is 19.8. The highest BCUT2D eigenvalue weighted by Crippen LogP contribution is 2.18. The van der Waals surface area contributed by atoms with Crippen LogP contribution >= 0.6 is 11.6 Å². The van der Waals surface area contributed by atoms with Crippen LogP contribution < -0.4 is 11.2 Å². The lowest BCUT2D eigenvalue weighted by molar-refractivity contribution is 0.567. The average Bonchev–Trinajstić information content (AvgIpc) is 3.11. The molecule has 0 N–H and O–H groups in total. The van der Waals surface area contributed by atoms with Crippen molar-refractivity contribution in [3.63, 3.8) is 0 Å². The van der Waals surface area contributed by atoms with Gasteiger partial charge in [0.1, 0.15) is 11.6 Å². The molecule has 30 heavy (non-hydrogen) atoms. The fraction of sp³-hybridized carbons (Fsp3) is 0.0952. The van der Waals surface area contributed by atoms with Gasteiger partial charge < -0.3 is 4.57 Å². The van der Waals surface area contributed by atoms with Gasteiger partial charge in [0.15, 0.2) is 11.2 Å². The second kappa shape index (κ2) is 7.72. The minimum Gasteiger partial charge on any atom is -0.320 e. The van der Waals surface area contributed by atoms with Crippen LogP contribution in [0.1, 0.15) is 5.56 Å². The first-order valence-electron chi connectivity index (χ1n) is 8.92. The molecule has 4 aromatic rings. The van der Waals surface area contributed by atoms with Crippen molar-refractivity contribution in [2.45, 2.75) is 13.1 Å². The van der Waals surface area contributed by atoms with Crippen LogP contribution in [0.3, 0.4) is 0 Å². The van der Waals surface area contributed by atoms with Gasteiger partial charge in [0.2, 0.25) is 0 Å². The summed E-state index contributed by atoms with van der Waals surface area (Å²) in [6.07, 6.45) is 2.77. The van der Waals surface area contributed by atoms with Crippen molar-refractivity contribution < 1.29 is 8.78 Å². The second-order valence-corrected chi connectivity index (χ2v) is 7.02. The number of fused-ring (bicyclic) bond motifs is 1. The molecule has 0 radical (unpaired) electrons. The molecule has 0 aliphatic carbocycles. The highest BCUT2D eigenvalue weighted by Gasteiger charge is 2.19. The Morgan fingerprint density at radius 3 is 2.63 bits per heavy atom. The third-order valence-corrected chi connectivity index (χ3v) is 4.87. The molecule has 2 aromatic carbocycles. The summed E-state index contributed by atoms with van der Waals surface area (Å²) in [6, 6.07) is 9.76. The molecule has 2 aromatic heterocycles. The summed E-state index contributed by atoms with van der Waals surface area (Å²) < 4.78 is 31.1. The van der Waals surface area contributed by atoms with E-state index in [0.717, 1.165) is 16.7 Å². The zero-order valence-electron chi connectivity index (χ0n) is 15.6. The van der Waals surface area contributed by atoms with Crippen molar-refractivity contribution in [2.24, 2.45) is 0 Å². The molecule has 0 unspecified atom stereocenters. The Morgan fingerprint density at radius 2 is 1.93 bits per heavy atom. The van der Waals surface area contributed by atoms with Crippen LogP contribution in [0.25, 0.3) is 16.9 Å². The molecule has 0 spiro atoms. The normalized spacial score (nSPS) is 11.2. The van der Waals surface area contributed by atoms with Crippen LogP contribution in [0, 0.1) is 11.6 Å². The number of halogens is 3. The Hall–Kier alpha value is -3.52. The molecule has 0 bridgehead atoms. The molecule has 0 amide bonds. The number of benzene rings is 2. The molecule has 2 heterocycles. The van der Waals surface area contributed by atoms with Gasteiger partial charge in [-0.15, -0.1) is 6.58 Å². The van der Waals surface area contributed by atoms with E-state index in [9.17, 15) is 18.4 Å². The van der Waals surface area contributed by atoms with Crippen molar-refractivity contribution in [2.75, 3.05) is 0 Å². The van der Waals surface area contributed by atoms with Gasteiger partial charge in [-0.1, -0.05) is 29.8 Å². The number of nitrogens with zero attached hydrogens (tertiary/aromatic N) is 4.